The first-order chi connectivity index (χ1) is 11.4. The van der Waals surface area contributed by atoms with Gasteiger partial charge >= 0.3 is 6.18 Å². The molecule has 25 heavy (non-hydrogen) atoms. The molecule has 0 aliphatic heterocycles. The zero-order chi connectivity index (χ0) is 19.3. The summed E-state index contributed by atoms with van der Waals surface area (Å²) in [5.74, 6) is -0.900. The summed E-state index contributed by atoms with van der Waals surface area (Å²) in [6, 6.07) is 5.40. The van der Waals surface area contributed by atoms with Gasteiger partial charge in [-0.25, -0.2) is 13.1 Å². The molecule has 6 nitrogen and oxygen atoms in total. The molecule has 140 valence electrons. The van der Waals surface area contributed by atoms with Gasteiger partial charge in [0.25, 0.3) is 0 Å². The van der Waals surface area contributed by atoms with Crippen LogP contribution in [0.15, 0.2) is 29.2 Å². The number of halogens is 3. The van der Waals surface area contributed by atoms with Gasteiger partial charge in [0.1, 0.15) is 0 Å². The van der Waals surface area contributed by atoms with Gasteiger partial charge in [-0.15, -0.1) is 0 Å². The number of amides is 1. The molecule has 0 radical (unpaired) electrons. The summed E-state index contributed by atoms with van der Waals surface area (Å²) in [5, 5.41) is 0. The van der Waals surface area contributed by atoms with Crippen molar-refractivity contribution in [3.8, 4) is 0 Å². The lowest BCUT2D eigenvalue weighted by molar-refractivity contribution is -0.143. The van der Waals surface area contributed by atoms with Crippen LogP contribution in [0.5, 0.6) is 0 Å². The molecule has 1 N–H and O–H groups in total. The Bertz CT molecular complexity index is 733. The minimum absolute atomic E-state index is 0.127. The van der Waals surface area contributed by atoms with Crippen LogP contribution in [0, 0.1) is 0 Å². The summed E-state index contributed by atoms with van der Waals surface area (Å²) >= 11 is 0. The number of sulfonamides is 1. The SMILES string of the molecule is CC(=O)c1cccc(S(=O)(=O)NCCC(=O)N(C)CCC(F)(F)F)c1. The number of nitrogens with one attached hydrogen (secondary N) is 1. The van der Waals surface area contributed by atoms with Crippen molar-refractivity contribution in [1.82, 2.24) is 9.62 Å². The van der Waals surface area contributed by atoms with E-state index in [0.717, 1.165) is 4.90 Å². The number of hydrogen-bond acceptors (Lipinski definition) is 4. The number of benzene rings is 1. The molecule has 0 atom stereocenters. The van der Waals surface area contributed by atoms with E-state index >= 15 is 0 Å². The second-order valence-corrected chi connectivity index (χ2v) is 7.18. The van der Waals surface area contributed by atoms with Crippen LogP contribution < -0.4 is 4.72 Å². The Kier molecular flexibility index (Phi) is 7.12. The lowest BCUT2D eigenvalue weighted by Gasteiger charge is -2.18. The molecule has 0 unspecified atom stereocenters. The average Bonchev–Trinajstić information content (AvgIpc) is 2.51. The number of carbonyl (C=O) groups excluding carboxylic acids is 2. The van der Waals surface area contributed by atoms with Crippen LogP contribution in [0.1, 0.15) is 30.1 Å². The van der Waals surface area contributed by atoms with E-state index in [1.165, 1.54) is 38.2 Å². The minimum Gasteiger partial charge on any atom is -0.345 e. The predicted octanol–water partition coefficient (Wildman–Crippen LogP) is 1.97. The molecular formula is C15H19F3N2O4S. The number of alkyl halides is 3. The van der Waals surface area contributed by atoms with Crippen LogP contribution >= 0.6 is 0 Å². The molecule has 1 aromatic rings. The average molecular weight is 380 g/mol. The van der Waals surface area contributed by atoms with Gasteiger partial charge in [-0.2, -0.15) is 13.2 Å². The van der Waals surface area contributed by atoms with E-state index < -0.39 is 35.1 Å². The number of carbonyl (C=O) groups is 2. The smallest absolute Gasteiger partial charge is 0.345 e. The van der Waals surface area contributed by atoms with Crippen molar-refractivity contribution in [2.45, 2.75) is 30.8 Å². The van der Waals surface area contributed by atoms with Crippen LogP contribution in [0.25, 0.3) is 0 Å². The van der Waals surface area contributed by atoms with Crippen molar-refractivity contribution in [3.63, 3.8) is 0 Å². The fraction of sp³-hybridized carbons (Fsp3) is 0.467. The first-order valence-corrected chi connectivity index (χ1v) is 8.82. The summed E-state index contributed by atoms with van der Waals surface area (Å²) in [4.78, 5) is 23.8. The largest absolute Gasteiger partial charge is 0.390 e. The van der Waals surface area contributed by atoms with Gasteiger partial charge in [0, 0.05) is 32.1 Å². The normalized spacial score (nSPS) is 12.0. The quantitative estimate of drug-likeness (QED) is 0.699. The van der Waals surface area contributed by atoms with Gasteiger partial charge in [-0.1, -0.05) is 12.1 Å². The number of ketones is 1. The molecule has 0 bridgehead atoms. The summed E-state index contributed by atoms with van der Waals surface area (Å²) in [6.45, 7) is 0.548. The molecule has 0 spiro atoms. The maximum atomic E-state index is 12.1. The Morgan fingerprint density at radius 1 is 1.24 bits per heavy atom. The topological polar surface area (TPSA) is 83.5 Å². The van der Waals surface area contributed by atoms with Crippen LogP contribution in [0.2, 0.25) is 0 Å². The van der Waals surface area contributed by atoms with Crippen LogP contribution in [0.4, 0.5) is 13.2 Å². The third-order valence-corrected chi connectivity index (χ3v) is 4.80. The number of hydrogen-bond donors (Lipinski definition) is 1. The highest BCUT2D eigenvalue weighted by atomic mass is 32.2. The Labute approximate surface area is 144 Å². The molecule has 0 heterocycles. The number of rotatable bonds is 8. The van der Waals surface area contributed by atoms with Crippen LogP contribution in [-0.4, -0.2) is 51.3 Å². The Balaban J connectivity index is 2.58. The van der Waals surface area contributed by atoms with Gasteiger partial charge < -0.3 is 4.90 Å². The third-order valence-electron chi connectivity index (χ3n) is 3.34. The zero-order valence-corrected chi connectivity index (χ0v) is 14.6. The minimum atomic E-state index is -4.36. The second kappa shape index (κ2) is 8.43. The molecule has 1 aromatic carbocycles. The molecule has 0 aromatic heterocycles. The Morgan fingerprint density at radius 3 is 2.44 bits per heavy atom. The molecule has 0 aliphatic rings. The second-order valence-electron chi connectivity index (χ2n) is 5.41. The maximum Gasteiger partial charge on any atom is 0.390 e. The molecular weight excluding hydrogens is 361 g/mol. The molecule has 1 amide bonds. The van der Waals surface area contributed by atoms with Gasteiger partial charge in [0.2, 0.25) is 15.9 Å². The Hall–Kier alpha value is -1.94. The van der Waals surface area contributed by atoms with E-state index in [0.29, 0.717) is 0 Å². The van der Waals surface area contributed by atoms with E-state index in [1.54, 1.807) is 0 Å². The van der Waals surface area contributed by atoms with Crippen molar-refractivity contribution in [2.75, 3.05) is 20.1 Å². The van der Waals surface area contributed by atoms with Crippen molar-refractivity contribution in [3.05, 3.63) is 29.8 Å². The standard InChI is InChI=1S/C15H19F3N2O4S/c1-11(21)12-4-3-5-13(10-12)25(23,24)19-8-6-14(22)20(2)9-7-15(16,17)18/h3-5,10,19H,6-9H2,1-2H3. The number of Topliss-reactive ketones (excluding diaryl/α,β-unsaturated/α-hetero) is 1. The predicted molar refractivity (Wildman–Crippen MR) is 84.6 cm³/mol. The van der Waals surface area contributed by atoms with Crippen LogP contribution in [-0.2, 0) is 14.8 Å². The Morgan fingerprint density at radius 2 is 1.88 bits per heavy atom. The molecule has 10 heteroatoms. The van der Waals surface area contributed by atoms with Crippen molar-refractivity contribution in [1.29, 1.82) is 0 Å². The van der Waals surface area contributed by atoms with E-state index in [4.69, 9.17) is 0 Å². The summed E-state index contributed by atoms with van der Waals surface area (Å²) < 4.78 is 62.8. The summed E-state index contributed by atoms with van der Waals surface area (Å²) in [7, 11) is -2.71. The molecule has 0 saturated carbocycles. The van der Waals surface area contributed by atoms with E-state index in [1.807, 2.05) is 0 Å². The van der Waals surface area contributed by atoms with Gasteiger partial charge in [0.05, 0.1) is 11.3 Å². The van der Waals surface area contributed by atoms with E-state index in [9.17, 15) is 31.2 Å². The highest BCUT2D eigenvalue weighted by molar-refractivity contribution is 7.89. The highest BCUT2D eigenvalue weighted by Crippen LogP contribution is 2.19. The van der Waals surface area contributed by atoms with E-state index in [-0.39, 0.29) is 29.2 Å². The number of nitrogens with zero attached hydrogens (tertiary/aromatic N) is 1. The van der Waals surface area contributed by atoms with Crippen molar-refractivity contribution in [2.24, 2.45) is 0 Å². The van der Waals surface area contributed by atoms with Gasteiger partial charge in [-0.3, -0.25) is 9.59 Å². The highest BCUT2D eigenvalue weighted by Gasteiger charge is 2.28. The molecule has 0 fully saturated rings. The first kappa shape index (κ1) is 21.1. The molecule has 0 saturated heterocycles. The monoisotopic (exact) mass is 380 g/mol. The summed E-state index contributed by atoms with van der Waals surface area (Å²) in [5.41, 5.74) is 0.228. The van der Waals surface area contributed by atoms with Gasteiger partial charge in [0.15, 0.2) is 5.78 Å². The first-order valence-electron chi connectivity index (χ1n) is 7.34. The molecule has 1 rings (SSSR count). The van der Waals surface area contributed by atoms with Gasteiger partial charge in [-0.05, 0) is 19.1 Å². The van der Waals surface area contributed by atoms with Crippen molar-refractivity contribution >= 4 is 21.7 Å². The summed E-state index contributed by atoms with van der Waals surface area (Å²) in [6.07, 6.45) is -5.77. The lowest BCUT2D eigenvalue weighted by atomic mass is 10.2. The maximum absolute atomic E-state index is 12.1. The van der Waals surface area contributed by atoms with Crippen molar-refractivity contribution < 1.29 is 31.2 Å². The fourth-order valence-electron chi connectivity index (χ4n) is 1.87. The third kappa shape index (κ3) is 7.22. The van der Waals surface area contributed by atoms with Crippen LogP contribution in [0.3, 0.4) is 0 Å². The fourth-order valence-corrected chi connectivity index (χ4v) is 2.95. The lowest BCUT2D eigenvalue weighted by Crippen LogP contribution is -2.34. The molecule has 0 aliphatic carbocycles. The van der Waals surface area contributed by atoms with E-state index in [2.05, 4.69) is 4.72 Å². The zero-order valence-electron chi connectivity index (χ0n) is 13.8.